The molecule has 1 saturated heterocycles. The van der Waals surface area contributed by atoms with Gasteiger partial charge in [-0.3, -0.25) is 15.0 Å². The van der Waals surface area contributed by atoms with Crippen LogP contribution in [0.4, 0.5) is 0 Å². The van der Waals surface area contributed by atoms with Crippen molar-refractivity contribution in [3.8, 4) is 0 Å². The van der Waals surface area contributed by atoms with Crippen LogP contribution in [0.1, 0.15) is 49.8 Å². The zero-order valence-corrected chi connectivity index (χ0v) is 17.3. The number of nitrogens with one attached hydrogen (secondary N) is 3. The molecule has 8 N–H and O–H groups in total. The number of unbranched alkanes of at least 4 members (excludes halogenated alkanes) is 1. The summed E-state index contributed by atoms with van der Waals surface area (Å²) in [6.45, 7) is 1.36. The summed E-state index contributed by atoms with van der Waals surface area (Å²) in [7, 11) is 0. The summed E-state index contributed by atoms with van der Waals surface area (Å²) in [5.74, 6) is -3.20. The van der Waals surface area contributed by atoms with Crippen LogP contribution in [0, 0.1) is 5.41 Å². The highest BCUT2D eigenvalue weighted by Gasteiger charge is 2.44. The van der Waals surface area contributed by atoms with E-state index in [0.29, 0.717) is 18.4 Å². The molecule has 1 fully saturated rings. The third kappa shape index (κ3) is 6.48. The Balaban J connectivity index is 1.85. The van der Waals surface area contributed by atoms with E-state index in [2.05, 4.69) is 10.8 Å². The standard InChI is InChI=1S/C20H29N5O6/c1-2-3-8-30-19(29)20(23,18(27)28)11-24-16(26)10-14-9-15(25-31-14)12-4-6-13(7-5-12)17(21)22/h4-7,14-15,25H,2-3,8-11,23H2,1H3,(H3,21,22)(H,24,26)(H,27,28)/t14-,15+,20+/m1/s1. The largest absolute Gasteiger partial charge is 0.479 e. The van der Waals surface area contributed by atoms with Crippen LogP contribution in [0.3, 0.4) is 0 Å². The van der Waals surface area contributed by atoms with Gasteiger partial charge in [0.15, 0.2) is 0 Å². The molecule has 0 bridgehead atoms. The SMILES string of the molecule is CCCCOC(=O)[C@](N)(CNC(=O)C[C@H]1C[C@@H](c2ccc(C(=N)N)cc2)NO1)C(=O)O. The van der Waals surface area contributed by atoms with Crippen molar-refractivity contribution in [2.24, 2.45) is 11.5 Å². The molecule has 1 aromatic carbocycles. The molecule has 0 saturated carbocycles. The number of benzene rings is 1. The smallest absolute Gasteiger partial charge is 0.339 e. The van der Waals surface area contributed by atoms with Crippen LogP contribution in [-0.4, -0.2) is 53.6 Å². The van der Waals surface area contributed by atoms with E-state index < -0.39 is 36.0 Å². The minimum Gasteiger partial charge on any atom is -0.479 e. The van der Waals surface area contributed by atoms with Crippen LogP contribution in [0.25, 0.3) is 0 Å². The molecule has 170 valence electrons. The number of amides is 1. The molecule has 0 unspecified atom stereocenters. The first kappa shape index (κ1) is 24.3. The number of amidine groups is 1. The van der Waals surface area contributed by atoms with Gasteiger partial charge in [-0.25, -0.2) is 9.59 Å². The predicted molar refractivity (Wildman–Crippen MR) is 111 cm³/mol. The van der Waals surface area contributed by atoms with Crippen LogP contribution in [-0.2, 0) is 24.0 Å². The molecule has 31 heavy (non-hydrogen) atoms. The van der Waals surface area contributed by atoms with E-state index in [1.165, 1.54) is 0 Å². The van der Waals surface area contributed by atoms with E-state index in [4.69, 9.17) is 26.5 Å². The number of nitrogens with two attached hydrogens (primary N) is 2. The average Bonchev–Trinajstić information content (AvgIpc) is 3.20. The van der Waals surface area contributed by atoms with Gasteiger partial charge in [0.05, 0.1) is 31.7 Å². The monoisotopic (exact) mass is 435 g/mol. The van der Waals surface area contributed by atoms with Crippen molar-refractivity contribution in [2.75, 3.05) is 13.2 Å². The summed E-state index contributed by atoms with van der Waals surface area (Å²) >= 11 is 0. The molecule has 2 rings (SSSR count). The maximum atomic E-state index is 12.3. The van der Waals surface area contributed by atoms with Crippen molar-refractivity contribution in [1.29, 1.82) is 5.41 Å². The number of rotatable bonds is 11. The van der Waals surface area contributed by atoms with Gasteiger partial charge in [-0.15, -0.1) is 0 Å². The number of carbonyl (C=O) groups is 3. The highest BCUT2D eigenvalue weighted by atomic mass is 16.7. The van der Waals surface area contributed by atoms with Crippen molar-refractivity contribution in [3.05, 3.63) is 35.4 Å². The Morgan fingerprint density at radius 2 is 2.03 bits per heavy atom. The van der Waals surface area contributed by atoms with Gasteiger partial charge in [0.1, 0.15) is 5.84 Å². The number of hydrogen-bond donors (Lipinski definition) is 6. The van der Waals surface area contributed by atoms with E-state index in [-0.39, 0.29) is 24.9 Å². The summed E-state index contributed by atoms with van der Waals surface area (Å²) in [5.41, 5.74) is 13.2. The molecule has 1 aliphatic heterocycles. The molecule has 3 atom stereocenters. The van der Waals surface area contributed by atoms with Crippen LogP contribution in [0.5, 0.6) is 0 Å². The van der Waals surface area contributed by atoms with Crippen LogP contribution in [0.15, 0.2) is 24.3 Å². The van der Waals surface area contributed by atoms with Crippen LogP contribution < -0.4 is 22.3 Å². The fourth-order valence-electron chi connectivity index (χ4n) is 2.95. The Kier molecular flexibility index (Phi) is 8.48. The number of esters is 1. The molecule has 0 spiro atoms. The fraction of sp³-hybridized carbons (Fsp3) is 0.500. The van der Waals surface area contributed by atoms with Crippen molar-refractivity contribution in [3.63, 3.8) is 0 Å². The first-order valence-corrected chi connectivity index (χ1v) is 9.99. The Labute approximate surface area is 179 Å². The van der Waals surface area contributed by atoms with Gasteiger partial charge in [0.2, 0.25) is 11.4 Å². The van der Waals surface area contributed by atoms with E-state index in [1.54, 1.807) is 12.1 Å². The van der Waals surface area contributed by atoms with E-state index in [9.17, 15) is 19.5 Å². The number of carboxylic acids is 1. The highest BCUT2D eigenvalue weighted by molar-refractivity contribution is 6.04. The first-order valence-electron chi connectivity index (χ1n) is 9.99. The van der Waals surface area contributed by atoms with E-state index >= 15 is 0 Å². The number of carbonyl (C=O) groups excluding carboxylic acids is 2. The van der Waals surface area contributed by atoms with Crippen LogP contribution >= 0.6 is 0 Å². The molecule has 0 radical (unpaired) electrons. The molecular formula is C20H29N5O6. The van der Waals surface area contributed by atoms with Gasteiger partial charge in [0.25, 0.3) is 0 Å². The summed E-state index contributed by atoms with van der Waals surface area (Å²) < 4.78 is 4.91. The molecular weight excluding hydrogens is 406 g/mol. The van der Waals surface area contributed by atoms with Gasteiger partial charge in [-0.1, -0.05) is 37.6 Å². The maximum Gasteiger partial charge on any atom is 0.339 e. The Hall–Kier alpha value is -3.02. The second kappa shape index (κ2) is 10.8. The highest BCUT2D eigenvalue weighted by Crippen LogP contribution is 2.27. The molecule has 0 aromatic heterocycles. The number of aliphatic carboxylic acids is 1. The van der Waals surface area contributed by atoms with Crippen molar-refractivity contribution in [2.45, 2.75) is 50.3 Å². The number of hydroxylamine groups is 1. The lowest BCUT2D eigenvalue weighted by atomic mass is 9.99. The predicted octanol–water partition coefficient (Wildman–Crippen LogP) is -0.0630. The Morgan fingerprint density at radius 3 is 2.61 bits per heavy atom. The molecule has 11 nitrogen and oxygen atoms in total. The van der Waals surface area contributed by atoms with E-state index in [1.807, 2.05) is 19.1 Å². The third-order valence-corrected chi connectivity index (χ3v) is 4.95. The van der Waals surface area contributed by atoms with Gasteiger partial charge in [-0.05, 0) is 18.4 Å². The van der Waals surface area contributed by atoms with Crippen LogP contribution in [0.2, 0.25) is 0 Å². The van der Waals surface area contributed by atoms with Crippen molar-refractivity contribution < 1.29 is 29.1 Å². The lowest BCUT2D eigenvalue weighted by molar-refractivity contribution is -0.160. The van der Waals surface area contributed by atoms with E-state index in [0.717, 1.165) is 12.0 Å². The second-order valence-electron chi connectivity index (χ2n) is 7.43. The molecule has 1 aliphatic rings. The molecule has 0 aliphatic carbocycles. The maximum absolute atomic E-state index is 12.3. The minimum atomic E-state index is -2.36. The Morgan fingerprint density at radius 1 is 1.35 bits per heavy atom. The normalized spacial score (nSPS) is 19.9. The number of carboxylic acid groups (broad SMARTS) is 1. The number of hydrogen-bond acceptors (Lipinski definition) is 8. The lowest BCUT2D eigenvalue weighted by Crippen LogP contribution is -2.62. The van der Waals surface area contributed by atoms with Gasteiger partial charge in [-0.2, -0.15) is 5.48 Å². The molecule has 1 aromatic rings. The summed E-state index contributed by atoms with van der Waals surface area (Å²) in [6.07, 6.45) is 1.35. The number of nitrogen functional groups attached to an aromatic ring is 1. The van der Waals surface area contributed by atoms with Gasteiger partial charge >= 0.3 is 11.9 Å². The summed E-state index contributed by atoms with van der Waals surface area (Å²) in [4.78, 5) is 41.3. The molecule has 11 heteroatoms. The fourth-order valence-corrected chi connectivity index (χ4v) is 2.95. The zero-order valence-electron chi connectivity index (χ0n) is 17.3. The topological polar surface area (TPSA) is 190 Å². The summed E-state index contributed by atoms with van der Waals surface area (Å²) in [5, 5.41) is 19.1. The quantitative estimate of drug-likeness (QED) is 0.0908. The minimum absolute atomic E-state index is 0.0247. The third-order valence-electron chi connectivity index (χ3n) is 4.95. The van der Waals surface area contributed by atoms with Crippen molar-refractivity contribution >= 4 is 23.7 Å². The van der Waals surface area contributed by atoms with Gasteiger partial charge < -0.3 is 26.6 Å². The first-order chi connectivity index (χ1) is 14.7. The number of ether oxygens (including phenoxy) is 1. The molecule has 1 heterocycles. The molecule has 1 amide bonds. The summed E-state index contributed by atoms with van der Waals surface area (Å²) in [6, 6.07) is 6.94. The average molecular weight is 435 g/mol. The van der Waals surface area contributed by atoms with Crippen molar-refractivity contribution in [1.82, 2.24) is 10.8 Å². The zero-order chi connectivity index (χ0) is 23.0. The Bertz CT molecular complexity index is 815. The van der Waals surface area contributed by atoms with Gasteiger partial charge in [0, 0.05) is 5.56 Å². The second-order valence-corrected chi connectivity index (χ2v) is 7.43. The lowest BCUT2D eigenvalue weighted by Gasteiger charge is -2.23.